The van der Waals surface area contributed by atoms with Crippen LogP contribution in [0.2, 0.25) is 0 Å². The Balaban J connectivity index is 1.98. The molecule has 2 aromatic rings. The lowest BCUT2D eigenvalue weighted by atomic mass is 9.97. The van der Waals surface area contributed by atoms with Gasteiger partial charge in [-0.2, -0.15) is 0 Å². The standard InChI is InChI=1S/C12H15N3/c13-8-12(3-4-12)6-9-7-15-11-10(9)2-1-5-14-11/h1-2,5,7H,3-4,6,8,13H2,(H,14,15). The summed E-state index contributed by atoms with van der Waals surface area (Å²) in [5.74, 6) is 0. The summed E-state index contributed by atoms with van der Waals surface area (Å²) in [5.41, 5.74) is 8.55. The smallest absolute Gasteiger partial charge is 0.137 e. The highest BCUT2D eigenvalue weighted by Crippen LogP contribution is 2.47. The van der Waals surface area contributed by atoms with Crippen molar-refractivity contribution >= 4 is 11.0 Å². The third-order valence-electron chi connectivity index (χ3n) is 3.49. The first kappa shape index (κ1) is 8.92. The number of pyridine rings is 1. The van der Waals surface area contributed by atoms with Gasteiger partial charge in [0.25, 0.3) is 0 Å². The van der Waals surface area contributed by atoms with Crippen LogP contribution in [0.3, 0.4) is 0 Å². The molecule has 0 radical (unpaired) electrons. The first-order chi connectivity index (χ1) is 7.33. The zero-order valence-corrected chi connectivity index (χ0v) is 8.66. The minimum atomic E-state index is 0.394. The molecule has 0 unspecified atom stereocenters. The number of H-pyrrole nitrogens is 1. The normalized spacial score (nSPS) is 18.2. The number of hydrogen-bond acceptors (Lipinski definition) is 2. The number of nitrogens with two attached hydrogens (primary N) is 1. The van der Waals surface area contributed by atoms with E-state index in [0.29, 0.717) is 5.41 Å². The van der Waals surface area contributed by atoms with E-state index in [1.54, 1.807) is 0 Å². The number of aromatic amines is 1. The van der Waals surface area contributed by atoms with Gasteiger partial charge < -0.3 is 10.7 Å². The Labute approximate surface area is 88.7 Å². The monoisotopic (exact) mass is 201 g/mol. The molecule has 1 saturated carbocycles. The van der Waals surface area contributed by atoms with E-state index < -0.39 is 0 Å². The molecule has 3 nitrogen and oxygen atoms in total. The van der Waals surface area contributed by atoms with Gasteiger partial charge in [-0.05, 0) is 48.9 Å². The SMILES string of the molecule is NCC1(Cc2c[nH]c3ncccc23)CC1. The molecule has 0 aliphatic heterocycles. The van der Waals surface area contributed by atoms with Crippen molar-refractivity contribution in [1.82, 2.24) is 9.97 Å². The Morgan fingerprint density at radius 1 is 1.47 bits per heavy atom. The van der Waals surface area contributed by atoms with Gasteiger partial charge in [-0.3, -0.25) is 0 Å². The predicted octanol–water partition coefficient (Wildman–Crippen LogP) is 1.84. The van der Waals surface area contributed by atoms with Gasteiger partial charge in [0.05, 0.1) is 0 Å². The molecule has 0 atom stereocenters. The maximum Gasteiger partial charge on any atom is 0.137 e. The molecule has 3 N–H and O–H groups in total. The summed E-state index contributed by atoms with van der Waals surface area (Å²) in [6.45, 7) is 0.805. The lowest BCUT2D eigenvalue weighted by Crippen LogP contribution is -2.17. The Morgan fingerprint density at radius 2 is 2.33 bits per heavy atom. The van der Waals surface area contributed by atoms with E-state index in [0.717, 1.165) is 18.6 Å². The Hall–Kier alpha value is -1.35. The summed E-state index contributed by atoms with van der Waals surface area (Å²) < 4.78 is 0. The van der Waals surface area contributed by atoms with Crippen molar-refractivity contribution in [1.29, 1.82) is 0 Å². The van der Waals surface area contributed by atoms with Crippen LogP contribution in [0.1, 0.15) is 18.4 Å². The Morgan fingerprint density at radius 3 is 3.07 bits per heavy atom. The molecule has 0 amide bonds. The van der Waals surface area contributed by atoms with Crippen molar-refractivity contribution in [2.75, 3.05) is 6.54 Å². The third-order valence-corrected chi connectivity index (χ3v) is 3.49. The zero-order chi connectivity index (χ0) is 10.3. The molecule has 2 aromatic heterocycles. The van der Waals surface area contributed by atoms with Crippen LogP contribution in [0.15, 0.2) is 24.5 Å². The third kappa shape index (κ3) is 1.43. The molecule has 3 heteroatoms. The number of hydrogen-bond donors (Lipinski definition) is 2. The minimum absolute atomic E-state index is 0.394. The average molecular weight is 201 g/mol. The molecule has 15 heavy (non-hydrogen) atoms. The molecule has 0 spiro atoms. The molecular formula is C12H15N3. The maximum atomic E-state index is 5.80. The summed E-state index contributed by atoms with van der Waals surface area (Å²) in [4.78, 5) is 7.50. The summed E-state index contributed by atoms with van der Waals surface area (Å²) in [7, 11) is 0. The van der Waals surface area contributed by atoms with Crippen LogP contribution in [0.25, 0.3) is 11.0 Å². The van der Waals surface area contributed by atoms with Gasteiger partial charge in [-0.1, -0.05) is 0 Å². The van der Waals surface area contributed by atoms with Crippen molar-refractivity contribution in [2.45, 2.75) is 19.3 Å². The fraction of sp³-hybridized carbons (Fsp3) is 0.417. The maximum absolute atomic E-state index is 5.80. The van der Waals surface area contributed by atoms with Crippen LogP contribution >= 0.6 is 0 Å². The van der Waals surface area contributed by atoms with Crippen molar-refractivity contribution in [3.05, 3.63) is 30.1 Å². The highest BCUT2D eigenvalue weighted by Gasteiger charge is 2.41. The van der Waals surface area contributed by atoms with E-state index >= 15 is 0 Å². The zero-order valence-electron chi connectivity index (χ0n) is 8.66. The van der Waals surface area contributed by atoms with Crippen LogP contribution in [0.5, 0.6) is 0 Å². The predicted molar refractivity (Wildman–Crippen MR) is 60.5 cm³/mol. The highest BCUT2D eigenvalue weighted by atomic mass is 14.8. The molecule has 0 aromatic carbocycles. The number of nitrogens with zero attached hydrogens (tertiary/aromatic N) is 1. The van der Waals surface area contributed by atoms with Crippen LogP contribution < -0.4 is 5.73 Å². The van der Waals surface area contributed by atoms with E-state index in [1.165, 1.54) is 23.8 Å². The number of aromatic nitrogens is 2. The minimum Gasteiger partial charge on any atom is -0.346 e. The fourth-order valence-corrected chi connectivity index (χ4v) is 2.19. The van der Waals surface area contributed by atoms with E-state index in [9.17, 15) is 0 Å². The number of rotatable bonds is 3. The van der Waals surface area contributed by atoms with Gasteiger partial charge in [0.15, 0.2) is 0 Å². The van der Waals surface area contributed by atoms with Gasteiger partial charge in [0.1, 0.15) is 5.65 Å². The second-order valence-electron chi connectivity index (χ2n) is 4.59. The first-order valence-corrected chi connectivity index (χ1v) is 5.44. The molecule has 78 valence electrons. The molecule has 1 aliphatic carbocycles. The molecule has 1 fully saturated rings. The topological polar surface area (TPSA) is 54.7 Å². The number of fused-ring (bicyclic) bond motifs is 1. The van der Waals surface area contributed by atoms with Gasteiger partial charge in [-0.15, -0.1) is 0 Å². The molecule has 0 saturated heterocycles. The second-order valence-corrected chi connectivity index (χ2v) is 4.59. The summed E-state index contributed by atoms with van der Waals surface area (Å²) >= 11 is 0. The van der Waals surface area contributed by atoms with Gasteiger partial charge in [-0.25, -0.2) is 4.98 Å². The first-order valence-electron chi connectivity index (χ1n) is 5.44. The van der Waals surface area contributed by atoms with E-state index in [1.807, 2.05) is 12.3 Å². The summed E-state index contributed by atoms with van der Waals surface area (Å²) in [5, 5.41) is 1.25. The van der Waals surface area contributed by atoms with Crippen molar-refractivity contribution in [2.24, 2.45) is 11.1 Å². The quantitative estimate of drug-likeness (QED) is 0.796. The van der Waals surface area contributed by atoms with Crippen molar-refractivity contribution in [3.63, 3.8) is 0 Å². The molecular weight excluding hydrogens is 186 g/mol. The van der Waals surface area contributed by atoms with Gasteiger partial charge >= 0.3 is 0 Å². The molecule has 2 heterocycles. The molecule has 1 aliphatic rings. The lowest BCUT2D eigenvalue weighted by molar-refractivity contribution is 0.523. The fourth-order valence-electron chi connectivity index (χ4n) is 2.19. The van der Waals surface area contributed by atoms with Gasteiger partial charge in [0, 0.05) is 17.8 Å². The van der Waals surface area contributed by atoms with Crippen LogP contribution in [0, 0.1) is 5.41 Å². The number of nitrogens with one attached hydrogen (secondary N) is 1. The average Bonchev–Trinajstić information content (AvgIpc) is 2.95. The second kappa shape index (κ2) is 3.07. The molecule has 0 bridgehead atoms. The van der Waals surface area contributed by atoms with E-state index in [2.05, 4.69) is 22.2 Å². The Bertz CT molecular complexity index is 482. The lowest BCUT2D eigenvalue weighted by Gasteiger charge is -2.10. The van der Waals surface area contributed by atoms with Crippen LogP contribution in [-0.4, -0.2) is 16.5 Å². The van der Waals surface area contributed by atoms with Crippen molar-refractivity contribution < 1.29 is 0 Å². The van der Waals surface area contributed by atoms with E-state index in [4.69, 9.17) is 5.73 Å². The van der Waals surface area contributed by atoms with E-state index in [-0.39, 0.29) is 0 Å². The van der Waals surface area contributed by atoms with Crippen LogP contribution in [0.4, 0.5) is 0 Å². The Kier molecular flexibility index (Phi) is 1.83. The van der Waals surface area contributed by atoms with Gasteiger partial charge in [0.2, 0.25) is 0 Å². The molecule has 3 rings (SSSR count). The highest BCUT2D eigenvalue weighted by molar-refractivity contribution is 5.79. The summed E-state index contributed by atoms with van der Waals surface area (Å²) in [6, 6.07) is 4.11. The largest absolute Gasteiger partial charge is 0.346 e. The summed E-state index contributed by atoms with van der Waals surface area (Å²) in [6.07, 6.45) is 7.54. The van der Waals surface area contributed by atoms with Crippen molar-refractivity contribution in [3.8, 4) is 0 Å². The van der Waals surface area contributed by atoms with Crippen LogP contribution in [-0.2, 0) is 6.42 Å².